The van der Waals surface area contributed by atoms with Gasteiger partial charge in [-0.05, 0) is 51.2 Å². The Morgan fingerprint density at radius 3 is 2.61 bits per heavy atom. The third-order valence-electron chi connectivity index (χ3n) is 7.92. The number of ketones is 1. The van der Waals surface area contributed by atoms with Crippen molar-refractivity contribution in [3.8, 4) is 0 Å². The molecule has 202 valence electrons. The lowest BCUT2D eigenvalue weighted by atomic mass is 9.65. The molecule has 1 aromatic carbocycles. The highest BCUT2D eigenvalue weighted by molar-refractivity contribution is 6.15. The smallest absolute Gasteiger partial charge is 0.274 e. The summed E-state index contributed by atoms with van der Waals surface area (Å²) in [6, 6.07) is 0.323. The van der Waals surface area contributed by atoms with Crippen LogP contribution in [0.3, 0.4) is 0 Å². The Morgan fingerprint density at radius 2 is 1.95 bits per heavy atom. The molecular weight excluding hydrogens is 497 g/mol. The topological polar surface area (TPSA) is 153 Å². The summed E-state index contributed by atoms with van der Waals surface area (Å²) >= 11 is 0. The Bertz CT molecular complexity index is 1370. The summed E-state index contributed by atoms with van der Waals surface area (Å²) in [5, 5.41) is 12.2. The summed E-state index contributed by atoms with van der Waals surface area (Å²) in [6.07, 6.45) is 1.17. The number of anilines is 1. The second-order valence-corrected chi connectivity index (χ2v) is 11.0. The average molecular weight is 528 g/mol. The standard InChI is InChI=1S/C26H30FN5O6/c1-11-6-18-26(23(34)17-9-28-17,25(36)29-13(3)33)8-14-7-16-20(24(35)30-15-4-5-15)31-38-22(16)19(27)21(14)32(18)10-12(2)37-11/h7,11-12,15,17-18,28H,4-6,8-10H2,1-3H3,(H,30,35)(H,29,33,36)/t11-,12+,17?,18?,26?/m0/s1. The van der Waals surface area contributed by atoms with E-state index in [2.05, 4.69) is 21.1 Å². The van der Waals surface area contributed by atoms with E-state index in [4.69, 9.17) is 9.26 Å². The number of rotatable bonds is 5. The fourth-order valence-corrected chi connectivity index (χ4v) is 6.07. The summed E-state index contributed by atoms with van der Waals surface area (Å²) in [7, 11) is 0. The summed E-state index contributed by atoms with van der Waals surface area (Å²) < 4.78 is 27.7. The van der Waals surface area contributed by atoms with Gasteiger partial charge in [0.25, 0.3) is 5.91 Å². The van der Waals surface area contributed by atoms with E-state index >= 15 is 4.39 Å². The van der Waals surface area contributed by atoms with Gasteiger partial charge in [0.1, 0.15) is 5.41 Å². The van der Waals surface area contributed by atoms with Crippen molar-refractivity contribution >= 4 is 40.2 Å². The minimum absolute atomic E-state index is 0.0501. The number of halogens is 1. The molecule has 0 radical (unpaired) electrons. The Kier molecular flexibility index (Phi) is 5.80. The first-order chi connectivity index (χ1) is 18.1. The van der Waals surface area contributed by atoms with E-state index in [0.29, 0.717) is 12.1 Å². The van der Waals surface area contributed by atoms with Crippen molar-refractivity contribution < 1.29 is 32.8 Å². The first-order valence-electron chi connectivity index (χ1n) is 13.0. The molecule has 1 aliphatic carbocycles. The number of Topliss-reactive ketones (excluding diaryl/α,β-unsaturated/α-hetero) is 1. The van der Waals surface area contributed by atoms with Crippen molar-refractivity contribution in [1.82, 2.24) is 21.1 Å². The molecule has 6 rings (SSSR count). The second-order valence-electron chi connectivity index (χ2n) is 11.0. The normalized spacial score (nSPS) is 30.2. The molecule has 3 aliphatic heterocycles. The quantitative estimate of drug-likeness (QED) is 0.381. The molecular formula is C26H30FN5O6. The van der Waals surface area contributed by atoms with Gasteiger partial charge in [0.2, 0.25) is 17.4 Å². The monoisotopic (exact) mass is 527 g/mol. The first kappa shape index (κ1) is 24.9. The van der Waals surface area contributed by atoms with Gasteiger partial charge in [0, 0.05) is 26.1 Å². The zero-order valence-electron chi connectivity index (χ0n) is 21.4. The number of nitrogens with zero attached hydrogens (tertiary/aromatic N) is 2. The van der Waals surface area contributed by atoms with Gasteiger partial charge >= 0.3 is 0 Å². The zero-order chi connectivity index (χ0) is 26.9. The molecule has 4 heterocycles. The van der Waals surface area contributed by atoms with Crippen LogP contribution in [-0.2, 0) is 25.5 Å². The third kappa shape index (κ3) is 3.97. The van der Waals surface area contributed by atoms with E-state index in [1.165, 1.54) is 6.92 Å². The van der Waals surface area contributed by atoms with Crippen molar-refractivity contribution in [2.75, 3.05) is 18.0 Å². The number of hydrogen-bond acceptors (Lipinski definition) is 9. The van der Waals surface area contributed by atoms with E-state index in [0.717, 1.165) is 12.8 Å². The van der Waals surface area contributed by atoms with E-state index in [9.17, 15) is 19.2 Å². The number of hydrogen-bond donors (Lipinski definition) is 3. The van der Waals surface area contributed by atoms with Gasteiger partial charge in [-0.3, -0.25) is 24.5 Å². The maximum atomic E-state index is 16.3. The fraction of sp³-hybridized carbons (Fsp3) is 0.577. The fourth-order valence-electron chi connectivity index (χ4n) is 6.07. The van der Waals surface area contributed by atoms with Crippen LogP contribution in [-0.4, -0.2) is 72.1 Å². The lowest BCUT2D eigenvalue weighted by Crippen LogP contribution is -2.65. The molecule has 0 spiro atoms. The Hall–Kier alpha value is -3.38. The second kappa shape index (κ2) is 8.84. The first-order valence-corrected chi connectivity index (χ1v) is 13.0. The molecule has 0 bridgehead atoms. The van der Waals surface area contributed by atoms with Crippen molar-refractivity contribution in [2.45, 2.75) is 76.8 Å². The Balaban J connectivity index is 1.56. The molecule has 3 amide bonds. The largest absolute Gasteiger partial charge is 0.374 e. The van der Waals surface area contributed by atoms with Gasteiger partial charge in [-0.1, -0.05) is 5.16 Å². The van der Waals surface area contributed by atoms with Crippen molar-refractivity contribution in [2.24, 2.45) is 5.41 Å². The molecule has 4 aliphatic rings. The van der Waals surface area contributed by atoms with E-state index < -0.39 is 41.0 Å². The van der Waals surface area contributed by atoms with Crippen molar-refractivity contribution in [1.29, 1.82) is 0 Å². The molecule has 3 unspecified atom stereocenters. The number of benzene rings is 1. The van der Waals surface area contributed by atoms with Crippen LogP contribution in [0.5, 0.6) is 0 Å². The minimum atomic E-state index is -1.69. The predicted octanol–water partition coefficient (Wildman–Crippen LogP) is 0.978. The molecule has 38 heavy (non-hydrogen) atoms. The zero-order valence-corrected chi connectivity index (χ0v) is 21.4. The lowest BCUT2D eigenvalue weighted by Gasteiger charge is -2.49. The minimum Gasteiger partial charge on any atom is -0.374 e. The number of carbonyl (C=O) groups is 4. The molecule has 5 atom stereocenters. The van der Waals surface area contributed by atoms with Crippen LogP contribution in [0.25, 0.3) is 11.0 Å². The maximum absolute atomic E-state index is 16.3. The SMILES string of the molecule is CC(=O)NC(=O)C1(C(=O)C2CN2)Cc2cc3c(C(=O)NC4CC4)noc3c(F)c2N2C[C@@H](C)O[C@@H](C)CC21. The molecule has 1 aromatic heterocycles. The van der Waals surface area contributed by atoms with Gasteiger partial charge < -0.3 is 24.8 Å². The van der Waals surface area contributed by atoms with Crippen molar-refractivity contribution in [3.05, 3.63) is 23.1 Å². The molecule has 1 saturated carbocycles. The molecule has 3 N–H and O–H groups in total. The number of fused-ring (bicyclic) bond motifs is 4. The van der Waals surface area contributed by atoms with Crippen LogP contribution in [0.1, 0.15) is 56.1 Å². The average Bonchev–Trinajstić information content (AvgIpc) is 3.77. The summed E-state index contributed by atoms with van der Waals surface area (Å²) in [4.78, 5) is 54.4. The van der Waals surface area contributed by atoms with Crippen LogP contribution in [0, 0.1) is 11.2 Å². The number of ether oxygens (including phenoxy) is 1. The van der Waals surface area contributed by atoms with Crippen LogP contribution in [0.15, 0.2) is 10.6 Å². The number of aromatic nitrogens is 1. The van der Waals surface area contributed by atoms with Crippen molar-refractivity contribution in [3.63, 3.8) is 0 Å². The summed E-state index contributed by atoms with van der Waals surface area (Å²) in [6.45, 7) is 5.53. The van der Waals surface area contributed by atoms with Gasteiger partial charge in [0.15, 0.2) is 17.3 Å². The van der Waals surface area contributed by atoms with E-state index in [-0.39, 0.29) is 65.8 Å². The van der Waals surface area contributed by atoms with Crippen LogP contribution >= 0.6 is 0 Å². The van der Waals surface area contributed by atoms with Crippen LogP contribution in [0.4, 0.5) is 10.1 Å². The number of imide groups is 1. The molecule has 2 saturated heterocycles. The molecule has 12 heteroatoms. The number of amides is 3. The maximum Gasteiger partial charge on any atom is 0.274 e. The summed E-state index contributed by atoms with van der Waals surface area (Å²) in [5.41, 5.74) is -1.34. The predicted molar refractivity (Wildman–Crippen MR) is 132 cm³/mol. The summed E-state index contributed by atoms with van der Waals surface area (Å²) in [5.74, 6) is -2.84. The van der Waals surface area contributed by atoms with Gasteiger partial charge in [0.05, 0.1) is 35.4 Å². The molecule has 3 fully saturated rings. The van der Waals surface area contributed by atoms with Crippen LogP contribution < -0.4 is 20.9 Å². The highest BCUT2D eigenvalue weighted by atomic mass is 19.1. The third-order valence-corrected chi connectivity index (χ3v) is 7.92. The van der Waals surface area contributed by atoms with Gasteiger partial charge in [-0.25, -0.2) is 4.39 Å². The molecule has 11 nitrogen and oxygen atoms in total. The lowest BCUT2D eigenvalue weighted by molar-refractivity contribution is -0.146. The number of carbonyl (C=O) groups excluding carboxylic acids is 4. The van der Waals surface area contributed by atoms with Gasteiger partial charge in [-0.15, -0.1) is 0 Å². The highest BCUT2D eigenvalue weighted by Crippen LogP contribution is 2.49. The van der Waals surface area contributed by atoms with E-state index in [1.54, 1.807) is 11.0 Å². The Morgan fingerprint density at radius 1 is 1.21 bits per heavy atom. The number of nitrogens with one attached hydrogen (secondary N) is 3. The highest BCUT2D eigenvalue weighted by Gasteiger charge is 2.61. The van der Waals surface area contributed by atoms with Gasteiger partial charge in [-0.2, -0.15) is 0 Å². The Labute approximate surface area is 217 Å². The van der Waals surface area contributed by atoms with Crippen LogP contribution in [0.2, 0.25) is 0 Å². The van der Waals surface area contributed by atoms with E-state index in [1.807, 2.05) is 13.8 Å². The molecule has 2 aromatic rings.